The molecule has 0 bridgehead atoms. The zero-order valence-corrected chi connectivity index (χ0v) is 10.5. The van der Waals surface area contributed by atoms with Gasteiger partial charge in [0, 0.05) is 24.7 Å². The highest BCUT2D eigenvalue weighted by Crippen LogP contribution is 2.20. The molecule has 2 N–H and O–H groups in total. The number of rotatable bonds is 5. The Morgan fingerprint density at radius 3 is 2.88 bits per heavy atom. The molecule has 3 nitrogen and oxygen atoms in total. The van der Waals surface area contributed by atoms with Gasteiger partial charge in [0.15, 0.2) is 0 Å². The van der Waals surface area contributed by atoms with Gasteiger partial charge in [-0.2, -0.15) is 0 Å². The predicted molar refractivity (Wildman–Crippen MR) is 70.1 cm³/mol. The maximum absolute atomic E-state index is 11.0. The Morgan fingerprint density at radius 1 is 1.47 bits per heavy atom. The third kappa shape index (κ3) is 4.19. The van der Waals surface area contributed by atoms with Crippen molar-refractivity contribution in [1.29, 1.82) is 0 Å². The summed E-state index contributed by atoms with van der Waals surface area (Å²) in [5, 5.41) is 6.39. The Bertz CT molecular complexity index is 399. The standard InChI is InChI=1S/C14H20N2O/c1-10(15-13-6-7-13)8-12-4-3-5-14(9-12)16-11(2)17/h3-5,9-10,13,15H,6-8H2,1-2H3,(H,16,17). The van der Waals surface area contributed by atoms with Crippen LogP contribution in [0.5, 0.6) is 0 Å². The zero-order valence-electron chi connectivity index (χ0n) is 10.5. The molecule has 0 radical (unpaired) electrons. The maximum atomic E-state index is 11.0. The summed E-state index contributed by atoms with van der Waals surface area (Å²) in [5.74, 6) is -0.0219. The molecule has 2 rings (SSSR count). The summed E-state index contributed by atoms with van der Waals surface area (Å²) in [5.41, 5.74) is 2.14. The average molecular weight is 232 g/mol. The van der Waals surface area contributed by atoms with Gasteiger partial charge in [0.1, 0.15) is 0 Å². The van der Waals surface area contributed by atoms with Crippen molar-refractivity contribution < 1.29 is 4.79 Å². The molecule has 3 heteroatoms. The predicted octanol–water partition coefficient (Wildman–Crippen LogP) is 2.33. The van der Waals surface area contributed by atoms with E-state index in [1.54, 1.807) is 0 Å². The Kier molecular flexibility index (Phi) is 3.79. The van der Waals surface area contributed by atoms with Gasteiger partial charge >= 0.3 is 0 Å². The highest BCUT2D eigenvalue weighted by Gasteiger charge is 2.22. The van der Waals surface area contributed by atoms with Crippen molar-refractivity contribution in [3.8, 4) is 0 Å². The van der Waals surface area contributed by atoms with Crippen LogP contribution in [0.1, 0.15) is 32.3 Å². The molecule has 0 spiro atoms. The number of carbonyl (C=O) groups excluding carboxylic acids is 1. The SMILES string of the molecule is CC(=O)Nc1cccc(CC(C)NC2CC2)c1. The van der Waals surface area contributed by atoms with Crippen molar-refractivity contribution in [2.24, 2.45) is 0 Å². The Labute approximate surface area is 103 Å². The fourth-order valence-corrected chi connectivity index (χ4v) is 2.04. The molecule has 1 aromatic carbocycles. The largest absolute Gasteiger partial charge is 0.326 e. The van der Waals surface area contributed by atoms with Crippen LogP contribution in [0.25, 0.3) is 0 Å². The van der Waals surface area contributed by atoms with Gasteiger partial charge in [0.05, 0.1) is 0 Å². The molecule has 92 valence electrons. The summed E-state index contributed by atoms with van der Waals surface area (Å²) in [4.78, 5) is 11.0. The molecule has 1 atom stereocenters. The smallest absolute Gasteiger partial charge is 0.221 e. The summed E-state index contributed by atoms with van der Waals surface area (Å²) < 4.78 is 0. The van der Waals surface area contributed by atoms with E-state index in [0.717, 1.165) is 18.2 Å². The van der Waals surface area contributed by atoms with Gasteiger partial charge in [-0.15, -0.1) is 0 Å². The summed E-state index contributed by atoms with van der Waals surface area (Å²) in [6, 6.07) is 9.30. The second-order valence-corrected chi connectivity index (χ2v) is 4.93. The van der Waals surface area contributed by atoms with Crippen LogP contribution in [-0.2, 0) is 11.2 Å². The molecular weight excluding hydrogens is 212 g/mol. The van der Waals surface area contributed by atoms with Crippen molar-refractivity contribution in [1.82, 2.24) is 5.32 Å². The Balaban J connectivity index is 1.92. The fraction of sp³-hybridized carbons (Fsp3) is 0.500. The van der Waals surface area contributed by atoms with Gasteiger partial charge in [-0.25, -0.2) is 0 Å². The molecule has 1 aromatic rings. The van der Waals surface area contributed by atoms with E-state index in [9.17, 15) is 4.79 Å². The minimum Gasteiger partial charge on any atom is -0.326 e. The number of amides is 1. The first-order valence-corrected chi connectivity index (χ1v) is 6.26. The molecule has 0 aliphatic heterocycles. The van der Waals surface area contributed by atoms with E-state index in [2.05, 4.69) is 23.6 Å². The molecular formula is C14H20N2O. The van der Waals surface area contributed by atoms with E-state index < -0.39 is 0 Å². The van der Waals surface area contributed by atoms with Gasteiger partial charge in [-0.1, -0.05) is 12.1 Å². The van der Waals surface area contributed by atoms with Crippen LogP contribution in [0.2, 0.25) is 0 Å². The summed E-state index contributed by atoms with van der Waals surface area (Å²) in [6.07, 6.45) is 3.64. The number of anilines is 1. The number of benzene rings is 1. The van der Waals surface area contributed by atoms with E-state index in [0.29, 0.717) is 6.04 Å². The highest BCUT2D eigenvalue weighted by molar-refractivity contribution is 5.88. The molecule has 0 heterocycles. The highest BCUT2D eigenvalue weighted by atomic mass is 16.1. The molecule has 0 aromatic heterocycles. The van der Waals surface area contributed by atoms with Gasteiger partial charge in [-0.05, 0) is 43.9 Å². The van der Waals surface area contributed by atoms with Crippen LogP contribution in [-0.4, -0.2) is 18.0 Å². The van der Waals surface area contributed by atoms with Gasteiger partial charge < -0.3 is 10.6 Å². The fourth-order valence-electron chi connectivity index (χ4n) is 2.04. The molecule has 1 fully saturated rings. The molecule has 1 unspecified atom stereocenters. The number of nitrogens with one attached hydrogen (secondary N) is 2. The van der Waals surface area contributed by atoms with Crippen LogP contribution >= 0.6 is 0 Å². The van der Waals surface area contributed by atoms with Crippen molar-refractivity contribution >= 4 is 11.6 Å². The van der Waals surface area contributed by atoms with Crippen molar-refractivity contribution in [3.05, 3.63) is 29.8 Å². The minimum absolute atomic E-state index is 0.0219. The van der Waals surface area contributed by atoms with Gasteiger partial charge in [0.2, 0.25) is 5.91 Å². The van der Waals surface area contributed by atoms with Gasteiger partial charge in [0.25, 0.3) is 0 Å². The van der Waals surface area contributed by atoms with Crippen LogP contribution in [0.4, 0.5) is 5.69 Å². The first kappa shape index (κ1) is 12.1. The topological polar surface area (TPSA) is 41.1 Å². The van der Waals surface area contributed by atoms with Crippen LogP contribution in [0.15, 0.2) is 24.3 Å². The lowest BCUT2D eigenvalue weighted by Crippen LogP contribution is -2.29. The molecule has 1 aliphatic rings. The quantitative estimate of drug-likeness (QED) is 0.818. The third-order valence-electron chi connectivity index (χ3n) is 2.89. The second kappa shape index (κ2) is 5.32. The molecule has 1 saturated carbocycles. The van der Waals surface area contributed by atoms with Crippen molar-refractivity contribution in [3.63, 3.8) is 0 Å². The van der Waals surface area contributed by atoms with E-state index in [1.807, 2.05) is 18.2 Å². The maximum Gasteiger partial charge on any atom is 0.221 e. The molecule has 1 aliphatic carbocycles. The Morgan fingerprint density at radius 2 is 2.24 bits per heavy atom. The first-order valence-electron chi connectivity index (χ1n) is 6.26. The zero-order chi connectivity index (χ0) is 12.3. The van der Waals surface area contributed by atoms with Crippen LogP contribution < -0.4 is 10.6 Å². The lowest BCUT2D eigenvalue weighted by atomic mass is 10.1. The third-order valence-corrected chi connectivity index (χ3v) is 2.89. The van der Waals surface area contributed by atoms with E-state index >= 15 is 0 Å². The van der Waals surface area contributed by atoms with Crippen molar-refractivity contribution in [2.45, 2.75) is 45.2 Å². The first-order chi connectivity index (χ1) is 8.13. The molecule has 1 amide bonds. The van der Waals surface area contributed by atoms with E-state index in [4.69, 9.17) is 0 Å². The number of carbonyl (C=O) groups is 1. The van der Waals surface area contributed by atoms with E-state index in [1.165, 1.54) is 25.3 Å². The van der Waals surface area contributed by atoms with Crippen LogP contribution in [0, 0.1) is 0 Å². The number of hydrogen-bond acceptors (Lipinski definition) is 2. The minimum atomic E-state index is -0.0219. The normalized spacial score (nSPS) is 16.6. The second-order valence-electron chi connectivity index (χ2n) is 4.93. The average Bonchev–Trinajstić information content (AvgIpc) is 3.00. The summed E-state index contributed by atoms with van der Waals surface area (Å²) >= 11 is 0. The Hall–Kier alpha value is -1.35. The number of hydrogen-bond donors (Lipinski definition) is 2. The van der Waals surface area contributed by atoms with Crippen molar-refractivity contribution in [2.75, 3.05) is 5.32 Å². The summed E-state index contributed by atoms with van der Waals surface area (Å²) in [7, 11) is 0. The molecule has 17 heavy (non-hydrogen) atoms. The lowest BCUT2D eigenvalue weighted by Gasteiger charge is -2.13. The monoisotopic (exact) mass is 232 g/mol. The lowest BCUT2D eigenvalue weighted by molar-refractivity contribution is -0.114. The molecule has 0 saturated heterocycles. The van der Waals surface area contributed by atoms with E-state index in [-0.39, 0.29) is 5.91 Å². The van der Waals surface area contributed by atoms with Gasteiger partial charge in [-0.3, -0.25) is 4.79 Å². The van der Waals surface area contributed by atoms with Crippen LogP contribution in [0.3, 0.4) is 0 Å². The summed E-state index contributed by atoms with van der Waals surface area (Å²) in [6.45, 7) is 3.74.